The van der Waals surface area contributed by atoms with Gasteiger partial charge in [0.1, 0.15) is 6.29 Å². The summed E-state index contributed by atoms with van der Waals surface area (Å²) >= 11 is 0. The molecule has 0 N–H and O–H groups in total. The molecule has 0 atom stereocenters. The molecule has 2 aromatic rings. The molecule has 2 aromatic carbocycles. The van der Waals surface area contributed by atoms with Crippen LogP contribution in [0.1, 0.15) is 17.5 Å². The first-order valence-corrected chi connectivity index (χ1v) is 6.60. The molecule has 0 saturated heterocycles. The first kappa shape index (κ1) is 13.3. The summed E-state index contributed by atoms with van der Waals surface area (Å²) in [5, 5.41) is 0. The van der Waals surface area contributed by atoms with E-state index in [0.717, 1.165) is 31.1 Å². The zero-order valence-electron chi connectivity index (χ0n) is 11.0. The Morgan fingerprint density at radius 3 is 2.00 bits per heavy atom. The van der Waals surface area contributed by atoms with E-state index in [1.54, 1.807) is 0 Å². The predicted molar refractivity (Wildman–Crippen MR) is 79.1 cm³/mol. The molecule has 0 aliphatic heterocycles. The largest absolute Gasteiger partial charge is 0.298 e. The number of carbonyl (C=O) groups excluding carboxylic acids is 1. The van der Waals surface area contributed by atoms with Crippen molar-refractivity contribution in [3.05, 3.63) is 83.4 Å². The van der Waals surface area contributed by atoms with Crippen molar-refractivity contribution in [1.29, 1.82) is 0 Å². The fraction of sp³-hybridized carbons (Fsp3) is 0.167. The lowest BCUT2D eigenvalue weighted by Crippen LogP contribution is -1.93. The summed E-state index contributed by atoms with van der Waals surface area (Å²) in [6.07, 6.45) is 5.63. The van der Waals surface area contributed by atoms with E-state index in [1.165, 1.54) is 11.1 Å². The molecule has 0 aromatic heterocycles. The van der Waals surface area contributed by atoms with Gasteiger partial charge in [-0.3, -0.25) is 4.79 Å². The molecule has 96 valence electrons. The third-order valence-electron chi connectivity index (χ3n) is 3.08. The third-order valence-corrected chi connectivity index (χ3v) is 3.08. The summed E-state index contributed by atoms with van der Waals surface area (Å²) in [5.74, 6) is 0. The minimum absolute atomic E-state index is 0.721. The van der Waals surface area contributed by atoms with Crippen LogP contribution in [0.15, 0.2) is 72.3 Å². The van der Waals surface area contributed by atoms with Gasteiger partial charge >= 0.3 is 0 Å². The number of allylic oxidation sites excluding steroid dienone is 2. The number of carbonyl (C=O) groups is 1. The molecule has 0 aliphatic carbocycles. The maximum Gasteiger partial charge on any atom is 0.146 e. The van der Waals surface area contributed by atoms with Crippen LogP contribution in [0.4, 0.5) is 0 Å². The van der Waals surface area contributed by atoms with Crippen molar-refractivity contribution >= 4 is 6.29 Å². The van der Waals surface area contributed by atoms with E-state index in [2.05, 4.69) is 24.3 Å². The van der Waals surface area contributed by atoms with Crippen LogP contribution in [0.5, 0.6) is 0 Å². The van der Waals surface area contributed by atoms with Gasteiger partial charge in [0.15, 0.2) is 0 Å². The Morgan fingerprint density at radius 1 is 0.842 bits per heavy atom. The van der Waals surface area contributed by atoms with E-state index in [-0.39, 0.29) is 0 Å². The van der Waals surface area contributed by atoms with Crippen molar-refractivity contribution in [2.75, 3.05) is 0 Å². The molecule has 1 nitrogen and oxygen atoms in total. The Labute approximate surface area is 114 Å². The summed E-state index contributed by atoms with van der Waals surface area (Å²) in [6, 6.07) is 20.4. The van der Waals surface area contributed by atoms with E-state index in [4.69, 9.17) is 0 Å². The molecular formula is C18H18O. The molecule has 0 saturated carbocycles. The predicted octanol–water partition coefficient (Wildman–Crippen LogP) is 3.99. The van der Waals surface area contributed by atoms with Crippen LogP contribution in [0.25, 0.3) is 0 Å². The van der Waals surface area contributed by atoms with Crippen LogP contribution in [0, 0.1) is 0 Å². The number of hydrogen-bond donors (Lipinski definition) is 0. The van der Waals surface area contributed by atoms with E-state index >= 15 is 0 Å². The number of hydrogen-bond acceptors (Lipinski definition) is 1. The van der Waals surface area contributed by atoms with Gasteiger partial charge in [0.25, 0.3) is 0 Å². The maximum atomic E-state index is 11.1. The van der Waals surface area contributed by atoms with Gasteiger partial charge in [0, 0.05) is 6.42 Å². The first-order valence-electron chi connectivity index (χ1n) is 6.60. The molecule has 0 fully saturated rings. The minimum atomic E-state index is 0.721. The standard InChI is InChI=1S/C18H18O/c19-15-18(14-17-10-5-2-6-11-17)13-7-12-16-8-3-1-4-9-16/h1-6,8-11,13,15H,7,12,14H2/b18-13-. The van der Waals surface area contributed by atoms with Gasteiger partial charge in [-0.15, -0.1) is 0 Å². The summed E-state index contributed by atoms with van der Waals surface area (Å²) in [6.45, 7) is 0. The molecule has 0 aliphatic rings. The minimum Gasteiger partial charge on any atom is -0.298 e. The quantitative estimate of drug-likeness (QED) is 0.559. The van der Waals surface area contributed by atoms with Crippen molar-refractivity contribution in [2.24, 2.45) is 0 Å². The first-order chi connectivity index (χ1) is 9.38. The lowest BCUT2D eigenvalue weighted by atomic mass is 10.0. The molecule has 0 unspecified atom stereocenters. The van der Waals surface area contributed by atoms with Gasteiger partial charge in [-0.2, -0.15) is 0 Å². The van der Waals surface area contributed by atoms with Crippen LogP contribution in [0.2, 0.25) is 0 Å². The number of rotatable bonds is 6. The van der Waals surface area contributed by atoms with Crippen LogP contribution in [-0.4, -0.2) is 6.29 Å². The van der Waals surface area contributed by atoms with Crippen molar-refractivity contribution in [1.82, 2.24) is 0 Å². The lowest BCUT2D eigenvalue weighted by Gasteiger charge is -2.01. The topological polar surface area (TPSA) is 17.1 Å². The normalized spacial score (nSPS) is 11.3. The fourth-order valence-corrected chi connectivity index (χ4v) is 2.06. The van der Waals surface area contributed by atoms with E-state index in [1.807, 2.05) is 42.5 Å². The van der Waals surface area contributed by atoms with Gasteiger partial charge in [-0.25, -0.2) is 0 Å². The monoisotopic (exact) mass is 250 g/mol. The molecule has 19 heavy (non-hydrogen) atoms. The van der Waals surface area contributed by atoms with Crippen LogP contribution in [-0.2, 0) is 17.6 Å². The van der Waals surface area contributed by atoms with Crippen molar-refractivity contribution in [3.8, 4) is 0 Å². The Morgan fingerprint density at radius 2 is 1.42 bits per heavy atom. The van der Waals surface area contributed by atoms with E-state index in [0.29, 0.717) is 0 Å². The molecule has 0 heterocycles. The Bertz CT molecular complexity index is 526. The molecule has 0 amide bonds. The van der Waals surface area contributed by atoms with Gasteiger partial charge in [0.2, 0.25) is 0 Å². The number of aryl methyl sites for hydroxylation is 1. The van der Waals surface area contributed by atoms with Gasteiger partial charge in [0.05, 0.1) is 0 Å². The SMILES string of the molecule is O=C/C(=C\CCc1ccccc1)Cc1ccccc1. The summed E-state index contributed by atoms with van der Waals surface area (Å²) in [4.78, 5) is 11.1. The van der Waals surface area contributed by atoms with E-state index < -0.39 is 0 Å². The highest BCUT2D eigenvalue weighted by molar-refractivity contribution is 5.73. The zero-order valence-corrected chi connectivity index (χ0v) is 11.0. The van der Waals surface area contributed by atoms with Crippen LogP contribution in [0.3, 0.4) is 0 Å². The summed E-state index contributed by atoms with van der Waals surface area (Å²) < 4.78 is 0. The maximum absolute atomic E-state index is 11.1. The Hall–Kier alpha value is -2.15. The molecule has 0 radical (unpaired) electrons. The molecule has 1 heteroatoms. The van der Waals surface area contributed by atoms with Gasteiger partial charge < -0.3 is 0 Å². The fourth-order valence-electron chi connectivity index (χ4n) is 2.06. The average molecular weight is 250 g/mol. The highest BCUT2D eigenvalue weighted by Crippen LogP contribution is 2.09. The van der Waals surface area contributed by atoms with Crippen LogP contribution < -0.4 is 0 Å². The number of benzene rings is 2. The second kappa shape index (κ2) is 7.32. The van der Waals surface area contributed by atoms with Gasteiger partial charge in [-0.05, 0) is 29.5 Å². The smallest absolute Gasteiger partial charge is 0.146 e. The average Bonchev–Trinajstić information content (AvgIpc) is 2.48. The molecule has 0 bridgehead atoms. The summed E-state index contributed by atoms with van der Waals surface area (Å²) in [5.41, 5.74) is 3.35. The Kier molecular flexibility index (Phi) is 5.12. The van der Waals surface area contributed by atoms with Crippen molar-refractivity contribution in [2.45, 2.75) is 19.3 Å². The second-order valence-electron chi connectivity index (χ2n) is 4.58. The second-order valence-corrected chi connectivity index (χ2v) is 4.58. The summed E-state index contributed by atoms with van der Waals surface area (Å²) in [7, 11) is 0. The molecule has 0 spiro atoms. The third kappa shape index (κ3) is 4.55. The van der Waals surface area contributed by atoms with Crippen LogP contribution >= 0.6 is 0 Å². The van der Waals surface area contributed by atoms with Gasteiger partial charge in [-0.1, -0.05) is 66.7 Å². The molecular weight excluding hydrogens is 232 g/mol. The molecule has 2 rings (SSSR count). The highest BCUT2D eigenvalue weighted by Gasteiger charge is 1.98. The van der Waals surface area contributed by atoms with E-state index in [9.17, 15) is 4.79 Å². The highest BCUT2D eigenvalue weighted by atomic mass is 16.1. The van der Waals surface area contributed by atoms with Crippen molar-refractivity contribution < 1.29 is 4.79 Å². The van der Waals surface area contributed by atoms with Crippen molar-refractivity contribution in [3.63, 3.8) is 0 Å². The number of aldehydes is 1. The zero-order chi connectivity index (χ0) is 13.3. The Balaban J connectivity index is 1.91. The lowest BCUT2D eigenvalue weighted by molar-refractivity contribution is -0.105.